The summed E-state index contributed by atoms with van der Waals surface area (Å²) >= 11 is 0. The highest BCUT2D eigenvalue weighted by Crippen LogP contribution is 2.53. The van der Waals surface area contributed by atoms with Crippen LogP contribution >= 0.6 is 0 Å². The van der Waals surface area contributed by atoms with Gasteiger partial charge in [-0.05, 0) is 68.6 Å². The normalized spacial score (nSPS) is 43.0. The second-order valence-corrected chi connectivity index (χ2v) is 10.3. The van der Waals surface area contributed by atoms with Crippen molar-refractivity contribution in [3.63, 3.8) is 0 Å². The highest BCUT2D eigenvalue weighted by atomic mass is 32.2. The molecular formula is C16H26N2O3S. The Morgan fingerprint density at radius 2 is 1.36 bits per heavy atom. The summed E-state index contributed by atoms with van der Waals surface area (Å²) in [7, 11) is -2.86. The Bertz CT molecular complexity index is 518. The maximum Gasteiger partial charge on any atom is 0.315 e. The standard InChI is InChI=1S/C16H26N2O3S/c19-16(17-14-1-3-22(20,21)4-2-14)18-15-12-6-10-5-11(8-12)9-13(15)7-10/h10-15H,1-9H2,(H2,17,18,19). The van der Waals surface area contributed by atoms with Crippen LogP contribution in [0.15, 0.2) is 0 Å². The topological polar surface area (TPSA) is 75.3 Å². The lowest BCUT2D eigenvalue weighted by molar-refractivity contribution is -0.00953. The largest absolute Gasteiger partial charge is 0.335 e. The Balaban J connectivity index is 1.31. The van der Waals surface area contributed by atoms with E-state index >= 15 is 0 Å². The minimum absolute atomic E-state index is 0.0142. The Labute approximate surface area is 132 Å². The second-order valence-electron chi connectivity index (χ2n) is 8.00. The lowest BCUT2D eigenvalue weighted by Gasteiger charge is -2.54. The van der Waals surface area contributed by atoms with E-state index in [2.05, 4.69) is 10.6 Å². The number of urea groups is 1. The quantitative estimate of drug-likeness (QED) is 0.811. The fourth-order valence-electron chi connectivity index (χ4n) is 5.57. The molecule has 4 saturated carbocycles. The molecule has 124 valence electrons. The van der Waals surface area contributed by atoms with Gasteiger partial charge in [0.15, 0.2) is 0 Å². The third-order valence-corrected chi connectivity index (χ3v) is 8.13. The lowest BCUT2D eigenvalue weighted by atomic mass is 9.54. The van der Waals surface area contributed by atoms with Crippen LogP contribution < -0.4 is 10.6 Å². The maximum atomic E-state index is 12.3. The van der Waals surface area contributed by atoms with Crippen molar-refractivity contribution >= 4 is 15.9 Å². The van der Waals surface area contributed by atoms with Gasteiger partial charge in [-0.15, -0.1) is 0 Å². The van der Waals surface area contributed by atoms with Gasteiger partial charge in [0.2, 0.25) is 0 Å². The van der Waals surface area contributed by atoms with Gasteiger partial charge in [-0.2, -0.15) is 0 Å². The van der Waals surface area contributed by atoms with Crippen LogP contribution in [0.3, 0.4) is 0 Å². The fraction of sp³-hybridized carbons (Fsp3) is 0.938. The van der Waals surface area contributed by atoms with Crippen LogP contribution in [0, 0.1) is 23.7 Å². The fourth-order valence-corrected chi connectivity index (χ4v) is 7.07. The average molecular weight is 326 g/mol. The van der Waals surface area contributed by atoms with E-state index in [4.69, 9.17) is 0 Å². The third-order valence-electron chi connectivity index (χ3n) is 6.41. The van der Waals surface area contributed by atoms with E-state index in [1.165, 1.54) is 32.1 Å². The molecule has 1 saturated heterocycles. The highest BCUT2D eigenvalue weighted by Gasteiger charge is 2.48. The molecule has 1 heterocycles. The molecule has 0 aromatic heterocycles. The summed E-state index contributed by atoms with van der Waals surface area (Å²) < 4.78 is 22.9. The van der Waals surface area contributed by atoms with E-state index in [0.717, 1.165) is 11.8 Å². The summed E-state index contributed by atoms with van der Waals surface area (Å²) in [5, 5.41) is 6.23. The summed E-state index contributed by atoms with van der Waals surface area (Å²) in [4.78, 5) is 12.3. The number of carbonyl (C=O) groups is 1. The van der Waals surface area contributed by atoms with E-state index in [0.29, 0.717) is 30.7 Å². The molecule has 5 rings (SSSR count). The molecule has 0 atom stereocenters. The van der Waals surface area contributed by atoms with Gasteiger partial charge in [-0.1, -0.05) is 0 Å². The summed E-state index contributed by atoms with van der Waals surface area (Å²) in [5.74, 6) is 3.58. The van der Waals surface area contributed by atoms with Gasteiger partial charge in [-0.3, -0.25) is 0 Å². The van der Waals surface area contributed by atoms with Crippen molar-refractivity contribution in [3.05, 3.63) is 0 Å². The van der Waals surface area contributed by atoms with Crippen LogP contribution in [0.4, 0.5) is 4.79 Å². The molecule has 2 amide bonds. The van der Waals surface area contributed by atoms with Crippen molar-refractivity contribution in [1.29, 1.82) is 0 Å². The molecule has 0 aromatic carbocycles. The van der Waals surface area contributed by atoms with E-state index in [1.54, 1.807) is 0 Å². The molecule has 0 aromatic rings. The number of amides is 2. The smallest absolute Gasteiger partial charge is 0.315 e. The number of rotatable bonds is 2. The SMILES string of the molecule is O=C(NC1CCS(=O)(=O)CC1)NC1C2CC3CC(C2)CC1C3. The zero-order valence-corrected chi connectivity index (χ0v) is 13.8. The Kier molecular flexibility index (Phi) is 3.62. The molecule has 4 aliphatic carbocycles. The molecule has 5 aliphatic rings. The predicted octanol–water partition coefficient (Wildman–Crippen LogP) is 1.69. The molecule has 5 nitrogen and oxygen atoms in total. The Morgan fingerprint density at radius 1 is 0.818 bits per heavy atom. The van der Waals surface area contributed by atoms with E-state index in [9.17, 15) is 13.2 Å². The zero-order chi connectivity index (χ0) is 15.3. The monoisotopic (exact) mass is 326 g/mol. The summed E-state index contributed by atoms with van der Waals surface area (Å²) in [6, 6.07) is 0.280. The van der Waals surface area contributed by atoms with Crippen molar-refractivity contribution in [2.24, 2.45) is 23.7 Å². The molecule has 2 N–H and O–H groups in total. The van der Waals surface area contributed by atoms with Crippen molar-refractivity contribution in [2.75, 3.05) is 11.5 Å². The first-order chi connectivity index (χ1) is 10.5. The molecule has 4 bridgehead atoms. The number of nitrogens with one attached hydrogen (secondary N) is 2. The third kappa shape index (κ3) is 2.86. The number of sulfone groups is 1. The van der Waals surface area contributed by atoms with Crippen LogP contribution in [0.2, 0.25) is 0 Å². The molecule has 6 heteroatoms. The minimum Gasteiger partial charge on any atom is -0.335 e. The molecular weight excluding hydrogens is 300 g/mol. The van der Waals surface area contributed by atoms with Gasteiger partial charge >= 0.3 is 6.03 Å². The van der Waals surface area contributed by atoms with Crippen LogP contribution in [-0.4, -0.2) is 38.0 Å². The van der Waals surface area contributed by atoms with E-state index < -0.39 is 9.84 Å². The Hall–Kier alpha value is -0.780. The number of carbonyl (C=O) groups excluding carboxylic acids is 1. The first-order valence-electron chi connectivity index (χ1n) is 8.76. The van der Waals surface area contributed by atoms with Gasteiger partial charge in [0.1, 0.15) is 9.84 Å². The Morgan fingerprint density at radius 3 is 1.91 bits per heavy atom. The molecule has 5 fully saturated rings. The molecule has 0 unspecified atom stereocenters. The van der Waals surface area contributed by atoms with Crippen molar-refractivity contribution in [3.8, 4) is 0 Å². The van der Waals surface area contributed by atoms with Crippen LogP contribution in [0.1, 0.15) is 44.9 Å². The molecule has 1 aliphatic heterocycles. The first kappa shape index (κ1) is 14.8. The van der Waals surface area contributed by atoms with E-state index in [-0.39, 0.29) is 23.6 Å². The summed E-state index contributed by atoms with van der Waals surface area (Å²) in [5.41, 5.74) is 0. The first-order valence-corrected chi connectivity index (χ1v) is 10.6. The molecule has 22 heavy (non-hydrogen) atoms. The minimum atomic E-state index is -2.86. The van der Waals surface area contributed by atoms with Gasteiger partial charge in [-0.25, -0.2) is 13.2 Å². The average Bonchev–Trinajstić information content (AvgIpc) is 2.44. The summed E-state index contributed by atoms with van der Waals surface area (Å²) in [6.07, 6.45) is 7.69. The maximum absolute atomic E-state index is 12.3. The van der Waals surface area contributed by atoms with Crippen molar-refractivity contribution in [2.45, 2.75) is 57.0 Å². The van der Waals surface area contributed by atoms with Crippen molar-refractivity contribution < 1.29 is 13.2 Å². The molecule has 0 radical (unpaired) electrons. The number of hydrogen-bond acceptors (Lipinski definition) is 3. The van der Waals surface area contributed by atoms with Gasteiger partial charge in [0.25, 0.3) is 0 Å². The van der Waals surface area contributed by atoms with Gasteiger partial charge in [0.05, 0.1) is 11.5 Å². The zero-order valence-electron chi connectivity index (χ0n) is 13.0. The van der Waals surface area contributed by atoms with Crippen molar-refractivity contribution in [1.82, 2.24) is 10.6 Å². The van der Waals surface area contributed by atoms with Crippen LogP contribution in [-0.2, 0) is 9.84 Å². The number of hydrogen-bond donors (Lipinski definition) is 2. The highest BCUT2D eigenvalue weighted by molar-refractivity contribution is 7.91. The second kappa shape index (κ2) is 5.39. The summed E-state index contributed by atoms with van der Waals surface area (Å²) in [6.45, 7) is 0. The van der Waals surface area contributed by atoms with Gasteiger partial charge < -0.3 is 10.6 Å². The lowest BCUT2D eigenvalue weighted by Crippen LogP contribution is -2.58. The predicted molar refractivity (Wildman–Crippen MR) is 84.2 cm³/mol. The van der Waals surface area contributed by atoms with Gasteiger partial charge in [0, 0.05) is 12.1 Å². The van der Waals surface area contributed by atoms with Crippen LogP contribution in [0.5, 0.6) is 0 Å². The van der Waals surface area contributed by atoms with E-state index in [1.807, 2.05) is 0 Å². The van der Waals surface area contributed by atoms with Crippen LogP contribution in [0.25, 0.3) is 0 Å². The molecule has 0 spiro atoms.